The van der Waals surface area contributed by atoms with Crippen molar-refractivity contribution in [1.29, 1.82) is 0 Å². The molecular formula is C8H17N5. The third-order valence-corrected chi connectivity index (χ3v) is 1.95. The van der Waals surface area contributed by atoms with Crippen LogP contribution >= 0.6 is 0 Å². The normalized spacial score (nSPS) is 14.5. The zero-order valence-electron chi connectivity index (χ0n) is 8.65. The Bertz CT molecular complexity index is 276. The van der Waals surface area contributed by atoms with Crippen molar-refractivity contribution in [2.75, 3.05) is 0 Å². The summed E-state index contributed by atoms with van der Waals surface area (Å²) in [6.45, 7) is 6.14. The molecule has 2 N–H and O–H groups in total. The molecule has 0 bridgehead atoms. The van der Waals surface area contributed by atoms with Crippen LogP contribution in [0.3, 0.4) is 0 Å². The quantitative estimate of drug-likeness (QED) is 0.728. The van der Waals surface area contributed by atoms with E-state index in [1.807, 2.05) is 6.92 Å². The standard InChI is InChI=1S/C8H17N5/c1-6(9)5-8(2,3)7-10-12-13(4)11-7/h6H,5,9H2,1-4H3. The van der Waals surface area contributed by atoms with E-state index in [1.54, 1.807) is 7.05 Å². The van der Waals surface area contributed by atoms with E-state index < -0.39 is 0 Å². The molecule has 0 fully saturated rings. The molecule has 1 aromatic rings. The van der Waals surface area contributed by atoms with Crippen LogP contribution in [0.4, 0.5) is 0 Å². The molecule has 74 valence electrons. The zero-order valence-corrected chi connectivity index (χ0v) is 8.65. The van der Waals surface area contributed by atoms with Gasteiger partial charge in [0.2, 0.25) is 0 Å². The van der Waals surface area contributed by atoms with Gasteiger partial charge in [-0.25, -0.2) is 0 Å². The number of hydrogen-bond donors (Lipinski definition) is 1. The van der Waals surface area contributed by atoms with Gasteiger partial charge in [0.1, 0.15) is 0 Å². The maximum atomic E-state index is 5.74. The Hall–Kier alpha value is -0.970. The first-order valence-corrected chi connectivity index (χ1v) is 4.42. The molecule has 0 saturated carbocycles. The van der Waals surface area contributed by atoms with Crippen LogP contribution in [0.1, 0.15) is 33.0 Å². The zero-order chi connectivity index (χ0) is 10.1. The number of nitrogens with two attached hydrogens (primary N) is 1. The van der Waals surface area contributed by atoms with Crippen LogP contribution in [-0.2, 0) is 12.5 Å². The SMILES string of the molecule is CC(N)CC(C)(C)c1nnn(C)n1. The van der Waals surface area contributed by atoms with E-state index in [-0.39, 0.29) is 11.5 Å². The Morgan fingerprint density at radius 3 is 2.54 bits per heavy atom. The van der Waals surface area contributed by atoms with E-state index in [0.29, 0.717) is 0 Å². The van der Waals surface area contributed by atoms with E-state index in [9.17, 15) is 0 Å². The summed E-state index contributed by atoms with van der Waals surface area (Å²) in [6.07, 6.45) is 0.860. The van der Waals surface area contributed by atoms with Crippen LogP contribution < -0.4 is 5.73 Å². The Balaban J connectivity index is 2.80. The molecule has 1 heterocycles. The van der Waals surface area contributed by atoms with Crippen molar-refractivity contribution in [3.05, 3.63) is 5.82 Å². The number of aryl methyl sites for hydroxylation is 1. The van der Waals surface area contributed by atoms with Gasteiger partial charge in [-0.05, 0) is 18.6 Å². The monoisotopic (exact) mass is 183 g/mol. The van der Waals surface area contributed by atoms with Gasteiger partial charge >= 0.3 is 0 Å². The molecule has 0 spiro atoms. The summed E-state index contributed by atoms with van der Waals surface area (Å²) in [5.74, 6) is 0.757. The van der Waals surface area contributed by atoms with Gasteiger partial charge in [-0.3, -0.25) is 0 Å². The van der Waals surface area contributed by atoms with Crippen molar-refractivity contribution in [2.45, 2.75) is 38.6 Å². The predicted molar refractivity (Wildman–Crippen MR) is 50.1 cm³/mol. The van der Waals surface area contributed by atoms with E-state index >= 15 is 0 Å². The average molecular weight is 183 g/mol. The summed E-state index contributed by atoms with van der Waals surface area (Å²) in [4.78, 5) is 1.47. The van der Waals surface area contributed by atoms with E-state index in [1.165, 1.54) is 4.80 Å². The number of hydrogen-bond acceptors (Lipinski definition) is 4. The highest BCUT2D eigenvalue weighted by atomic mass is 15.6. The molecule has 0 aliphatic rings. The highest BCUT2D eigenvalue weighted by molar-refractivity contribution is 5.00. The maximum Gasteiger partial charge on any atom is 0.180 e. The topological polar surface area (TPSA) is 69.6 Å². The second kappa shape index (κ2) is 3.41. The summed E-state index contributed by atoms with van der Waals surface area (Å²) in [5, 5.41) is 12.0. The van der Waals surface area contributed by atoms with E-state index in [0.717, 1.165) is 12.2 Å². The summed E-state index contributed by atoms with van der Waals surface area (Å²) in [6, 6.07) is 0.152. The third-order valence-electron chi connectivity index (χ3n) is 1.95. The maximum absolute atomic E-state index is 5.74. The molecule has 0 aliphatic heterocycles. The first-order chi connectivity index (χ1) is 5.92. The molecule has 0 aliphatic carbocycles. The second-order valence-electron chi connectivity index (χ2n) is 4.17. The molecule has 5 nitrogen and oxygen atoms in total. The molecule has 1 atom stereocenters. The van der Waals surface area contributed by atoms with Crippen molar-refractivity contribution >= 4 is 0 Å². The van der Waals surface area contributed by atoms with E-state index in [2.05, 4.69) is 29.3 Å². The van der Waals surface area contributed by atoms with Gasteiger partial charge in [0, 0.05) is 11.5 Å². The third kappa shape index (κ3) is 2.48. The Kier molecular flexibility index (Phi) is 2.66. The number of rotatable bonds is 3. The lowest BCUT2D eigenvalue weighted by atomic mass is 9.86. The highest BCUT2D eigenvalue weighted by Gasteiger charge is 2.26. The molecule has 1 unspecified atom stereocenters. The van der Waals surface area contributed by atoms with Gasteiger partial charge in [-0.1, -0.05) is 13.8 Å². The second-order valence-corrected chi connectivity index (χ2v) is 4.17. The van der Waals surface area contributed by atoms with Gasteiger partial charge < -0.3 is 5.73 Å². The fraction of sp³-hybridized carbons (Fsp3) is 0.875. The Morgan fingerprint density at radius 2 is 2.15 bits per heavy atom. The first-order valence-electron chi connectivity index (χ1n) is 4.42. The minimum absolute atomic E-state index is 0.0948. The summed E-state index contributed by atoms with van der Waals surface area (Å²) in [5.41, 5.74) is 5.65. The average Bonchev–Trinajstić information content (AvgIpc) is 2.32. The lowest BCUT2D eigenvalue weighted by Gasteiger charge is -2.22. The predicted octanol–water partition coefficient (Wildman–Crippen LogP) is 0.225. The molecular weight excluding hydrogens is 166 g/mol. The number of aromatic nitrogens is 4. The molecule has 0 radical (unpaired) electrons. The van der Waals surface area contributed by atoms with Gasteiger partial charge in [0.25, 0.3) is 0 Å². The van der Waals surface area contributed by atoms with Crippen molar-refractivity contribution in [1.82, 2.24) is 20.2 Å². The van der Waals surface area contributed by atoms with Crippen LogP contribution in [0.15, 0.2) is 0 Å². The minimum Gasteiger partial charge on any atom is -0.328 e. The van der Waals surface area contributed by atoms with Crippen LogP contribution in [0.5, 0.6) is 0 Å². The first kappa shape index (κ1) is 10.1. The van der Waals surface area contributed by atoms with Crippen molar-refractivity contribution in [2.24, 2.45) is 12.8 Å². The summed E-state index contributed by atoms with van der Waals surface area (Å²) < 4.78 is 0. The lowest BCUT2D eigenvalue weighted by Crippen LogP contribution is -2.29. The molecule has 0 amide bonds. The van der Waals surface area contributed by atoms with E-state index in [4.69, 9.17) is 5.73 Å². The van der Waals surface area contributed by atoms with Gasteiger partial charge in [0.05, 0.1) is 7.05 Å². The van der Waals surface area contributed by atoms with Gasteiger partial charge in [-0.2, -0.15) is 4.80 Å². The Labute approximate surface area is 78.3 Å². The molecule has 1 rings (SSSR count). The molecule has 13 heavy (non-hydrogen) atoms. The van der Waals surface area contributed by atoms with Gasteiger partial charge in [0.15, 0.2) is 5.82 Å². The van der Waals surface area contributed by atoms with Crippen molar-refractivity contribution < 1.29 is 0 Å². The molecule has 0 aromatic carbocycles. The minimum atomic E-state index is -0.0948. The summed E-state index contributed by atoms with van der Waals surface area (Å²) in [7, 11) is 1.76. The number of tetrazole rings is 1. The lowest BCUT2D eigenvalue weighted by molar-refractivity contribution is 0.412. The van der Waals surface area contributed by atoms with Crippen molar-refractivity contribution in [3.8, 4) is 0 Å². The van der Waals surface area contributed by atoms with Crippen molar-refractivity contribution in [3.63, 3.8) is 0 Å². The van der Waals surface area contributed by atoms with Crippen LogP contribution in [-0.4, -0.2) is 26.2 Å². The Morgan fingerprint density at radius 1 is 1.54 bits per heavy atom. The fourth-order valence-corrected chi connectivity index (χ4v) is 1.45. The van der Waals surface area contributed by atoms with Crippen LogP contribution in [0.25, 0.3) is 0 Å². The number of nitrogens with zero attached hydrogens (tertiary/aromatic N) is 4. The fourth-order valence-electron chi connectivity index (χ4n) is 1.45. The van der Waals surface area contributed by atoms with Gasteiger partial charge in [-0.15, -0.1) is 10.2 Å². The smallest absolute Gasteiger partial charge is 0.180 e. The highest BCUT2D eigenvalue weighted by Crippen LogP contribution is 2.23. The van der Waals surface area contributed by atoms with Crippen LogP contribution in [0.2, 0.25) is 0 Å². The molecule has 5 heteroatoms. The summed E-state index contributed by atoms with van der Waals surface area (Å²) >= 11 is 0. The molecule has 0 saturated heterocycles. The largest absolute Gasteiger partial charge is 0.328 e. The van der Waals surface area contributed by atoms with Crippen LogP contribution in [0, 0.1) is 0 Å². The molecule has 1 aromatic heterocycles.